The lowest BCUT2D eigenvalue weighted by atomic mass is 10.1. The predicted octanol–water partition coefficient (Wildman–Crippen LogP) is 4.61. The fourth-order valence-electron chi connectivity index (χ4n) is 3.18. The molecule has 34 heavy (non-hydrogen) atoms. The van der Waals surface area contributed by atoms with Gasteiger partial charge in [-0.2, -0.15) is 9.61 Å². The van der Waals surface area contributed by atoms with E-state index in [9.17, 15) is 14.4 Å². The van der Waals surface area contributed by atoms with Gasteiger partial charge in [0, 0.05) is 23.1 Å². The van der Waals surface area contributed by atoms with Gasteiger partial charge < -0.3 is 10.1 Å². The third-order valence-electron chi connectivity index (χ3n) is 4.78. The SMILES string of the molecule is CC(C)Cc1nn2c(=O)cc(COC(=O)c3ccccc3NC(=O)c3ccc(Cl)cc3)nc2s1. The van der Waals surface area contributed by atoms with Gasteiger partial charge in [-0.05, 0) is 42.3 Å². The molecular weight excluding hydrogens is 476 g/mol. The summed E-state index contributed by atoms with van der Waals surface area (Å²) in [6.45, 7) is 3.95. The van der Waals surface area contributed by atoms with Crippen LogP contribution in [0.4, 0.5) is 5.69 Å². The van der Waals surface area contributed by atoms with Gasteiger partial charge in [0.05, 0.1) is 16.9 Å². The number of aromatic nitrogens is 3. The van der Waals surface area contributed by atoms with Crippen LogP contribution in [-0.4, -0.2) is 26.5 Å². The Balaban J connectivity index is 1.48. The highest BCUT2D eigenvalue weighted by atomic mass is 35.5. The van der Waals surface area contributed by atoms with Gasteiger partial charge in [0.25, 0.3) is 11.5 Å². The van der Waals surface area contributed by atoms with Crippen LogP contribution in [-0.2, 0) is 17.8 Å². The summed E-state index contributed by atoms with van der Waals surface area (Å²) in [7, 11) is 0. The molecule has 0 aliphatic rings. The van der Waals surface area contributed by atoms with E-state index < -0.39 is 5.97 Å². The summed E-state index contributed by atoms with van der Waals surface area (Å²) in [5, 5.41) is 8.36. The van der Waals surface area contributed by atoms with Crippen molar-refractivity contribution in [3.8, 4) is 0 Å². The van der Waals surface area contributed by atoms with E-state index in [1.807, 2.05) is 0 Å². The Bertz CT molecular complexity index is 1410. The van der Waals surface area contributed by atoms with Gasteiger partial charge in [0.2, 0.25) is 4.96 Å². The molecule has 0 aliphatic carbocycles. The summed E-state index contributed by atoms with van der Waals surface area (Å²) in [5.41, 5.74) is 0.863. The zero-order valence-electron chi connectivity index (χ0n) is 18.4. The number of esters is 1. The second-order valence-corrected chi connectivity index (χ2v) is 9.43. The first kappa shape index (κ1) is 23.6. The molecule has 1 amide bonds. The van der Waals surface area contributed by atoms with Crippen molar-refractivity contribution in [1.82, 2.24) is 14.6 Å². The van der Waals surface area contributed by atoms with E-state index in [1.54, 1.807) is 48.5 Å². The molecule has 0 fully saturated rings. The molecule has 1 N–H and O–H groups in total. The van der Waals surface area contributed by atoms with E-state index in [2.05, 4.69) is 29.2 Å². The maximum absolute atomic E-state index is 12.8. The molecule has 0 spiro atoms. The molecule has 0 saturated heterocycles. The van der Waals surface area contributed by atoms with Gasteiger partial charge in [0.15, 0.2) is 0 Å². The molecular formula is C24H21ClN4O4S. The normalized spacial score (nSPS) is 11.1. The number of fused-ring (bicyclic) bond motifs is 1. The molecule has 0 radical (unpaired) electrons. The molecule has 10 heteroatoms. The lowest BCUT2D eigenvalue weighted by Crippen LogP contribution is -2.18. The Hall–Kier alpha value is -3.56. The van der Waals surface area contributed by atoms with E-state index in [0.717, 1.165) is 11.4 Å². The topological polar surface area (TPSA) is 103 Å². The number of para-hydroxylation sites is 1. The first-order valence-corrected chi connectivity index (χ1v) is 11.7. The fraction of sp³-hybridized carbons (Fsp3) is 0.208. The number of benzene rings is 2. The van der Waals surface area contributed by atoms with Crippen LogP contribution in [0.5, 0.6) is 0 Å². The Morgan fingerprint density at radius 2 is 1.88 bits per heavy atom. The molecule has 4 aromatic rings. The van der Waals surface area contributed by atoms with Crippen molar-refractivity contribution in [2.75, 3.05) is 5.32 Å². The zero-order chi connectivity index (χ0) is 24.2. The number of halogens is 1. The molecule has 0 atom stereocenters. The van der Waals surface area contributed by atoms with Crippen molar-refractivity contribution in [1.29, 1.82) is 0 Å². The Morgan fingerprint density at radius 3 is 2.62 bits per heavy atom. The number of ether oxygens (including phenoxy) is 1. The standard InChI is InChI=1S/C24H21ClN4O4S/c1-14(2)11-20-28-29-21(30)12-17(26-24(29)34-20)13-33-23(32)18-5-3-4-6-19(18)27-22(31)15-7-9-16(25)10-8-15/h3-10,12,14H,11,13H2,1-2H3,(H,27,31). The number of carbonyl (C=O) groups is 2. The first-order valence-electron chi connectivity index (χ1n) is 10.5. The Kier molecular flexibility index (Phi) is 7.04. The van der Waals surface area contributed by atoms with Crippen molar-refractivity contribution in [3.05, 3.63) is 91.8 Å². The average molecular weight is 497 g/mol. The molecule has 2 aromatic carbocycles. The van der Waals surface area contributed by atoms with Crippen molar-refractivity contribution >= 4 is 45.5 Å². The smallest absolute Gasteiger partial charge is 0.340 e. The van der Waals surface area contributed by atoms with Crippen molar-refractivity contribution in [2.45, 2.75) is 26.9 Å². The van der Waals surface area contributed by atoms with Gasteiger partial charge >= 0.3 is 5.97 Å². The maximum atomic E-state index is 12.8. The third-order valence-corrected chi connectivity index (χ3v) is 5.96. The summed E-state index contributed by atoms with van der Waals surface area (Å²) < 4.78 is 6.66. The fourth-order valence-corrected chi connectivity index (χ4v) is 4.44. The molecule has 0 aliphatic heterocycles. The molecule has 0 bridgehead atoms. The summed E-state index contributed by atoms with van der Waals surface area (Å²) >= 11 is 7.21. The van der Waals surface area contributed by atoms with Gasteiger partial charge in [-0.3, -0.25) is 9.59 Å². The summed E-state index contributed by atoms with van der Waals surface area (Å²) in [6, 6.07) is 14.2. The number of hydrogen-bond donors (Lipinski definition) is 1. The quantitative estimate of drug-likeness (QED) is 0.375. The highest BCUT2D eigenvalue weighted by molar-refractivity contribution is 7.16. The molecule has 4 rings (SSSR count). The van der Waals surface area contributed by atoms with Gasteiger partial charge in [-0.1, -0.05) is 48.9 Å². The van der Waals surface area contributed by atoms with Crippen LogP contribution in [0.1, 0.15) is 45.3 Å². The van der Waals surface area contributed by atoms with Gasteiger partial charge in [0.1, 0.15) is 11.6 Å². The second kappa shape index (κ2) is 10.1. The number of nitrogens with zero attached hydrogens (tertiary/aromatic N) is 3. The minimum Gasteiger partial charge on any atom is -0.456 e. The first-order chi connectivity index (χ1) is 16.3. The van der Waals surface area contributed by atoms with Gasteiger partial charge in [-0.15, -0.1) is 0 Å². The lowest BCUT2D eigenvalue weighted by molar-refractivity contribution is 0.0469. The molecule has 8 nitrogen and oxygen atoms in total. The largest absolute Gasteiger partial charge is 0.456 e. The van der Waals surface area contributed by atoms with Crippen LogP contribution in [0.15, 0.2) is 59.4 Å². The number of hydrogen-bond acceptors (Lipinski definition) is 7. The lowest BCUT2D eigenvalue weighted by Gasteiger charge is -2.11. The number of nitrogens with one attached hydrogen (secondary N) is 1. The van der Waals surface area contributed by atoms with Crippen LogP contribution in [0, 0.1) is 5.92 Å². The predicted molar refractivity (Wildman–Crippen MR) is 131 cm³/mol. The Morgan fingerprint density at radius 1 is 1.15 bits per heavy atom. The van der Waals surface area contributed by atoms with E-state index in [0.29, 0.717) is 32.8 Å². The van der Waals surface area contributed by atoms with Crippen LogP contribution < -0.4 is 10.9 Å². The highest BCUT2D eigenvalue weighted by Gasteiger charge is 2.17. The molecule has 2 heterocycles. The second-order valence-electron chi connectivity index (χ2n) is 7.96. The maximum Gasteiger partial charge on any atom is 0.340 e. The minimum absolute atomic E-state index is 0.180. The number of rotatable bonds is 7. The van der Waals surface area contributed by atoms with Crippen LogP contribution in [0.25, 0.3) is 4.96 Å². The third kappa shape index (κ3) is 5.49. The summed E-state index contributed by atoms with van der Waals surface area (Å²) in [4.78, 5) is 42.6. The van der Waals surface area contributed by atoms with E-state index in [-0.39, 0.29) is 23.6 Å². The average Bonchev–Trinajstić information content (AvgIpc) is 3.20. The number of anilines is 1. The molecule has 0 saturated carbocycles. The number of amides is 1. The molecule has 2 aromatic heterocycles. The number of carbonyl (C=O) groups excluding carboxylic acids is 2. The highest BCUT2D eigenvalue weighted by Crippen LogP contribution is 2.19. The van der Waals surface area contributed by atoms with Crippen LogP contribution in [0.2, 0.25) is 5.02 Å². The van der Waals surface area contributed by atoms with Crippen molar-refractivity contribution in [3.63, 3.8) is 0 Å². The van der Waals surface area contributed by atoms with E-state index in [1.165, 1.54) is 21.9 Å². The Labute approximate surface area is 204 Å². The zero-order valence-corrected chi connectivity index (χ0v) is 20.0. The monoisotopic (exact) mass is 496 g/mol. The van der Waals surface area contributed by atoms with E-state index >= 15 is 0 Å². The van der Waals surface area contributed by atoms with Crippen molar-refractivity contribution in [2.24, 2.45) is 5.92 Å². The van der Waals surface area contributed by atoms with Gasteiger partial charge in [-0.25, -0.2) is 9.78 Å². The van der Waals surface area contributed by atoms with E-state index in [4.69, 9.17) is 16.3 Å². The van der Waals surface area contributed by atoms with Crippen LogP contribution in [0.3, 0.4) is 0 Å². The molecule has 174 valence electrons. The van der Waals surface area contributed by atoms with Crippen molar-refractivity contribution < 1.29 is 14.3 Å². The molecule has 0 unspecified atom stereocenters. The summed E-state index contributed by atoms with van der Waals surface area (Å²) in [6.07, 6.45) is 0.746. The summed E-state index contributed by atoms with van der Waals surface area (Å²) in [5.74, 6) is -0.643. The minimum atomic E-state index is -0.654. The van der Waals surface area contributed by atoms with Crippen LogP contribution >= 0.6 is 22.9 Å².